The van der Waals surface area contributed by atoms with Crippen molar-refractivity contribution >= 4 is 5.97 Å². The van der Waals surface area contributed by atoms with E-state index in [4.69, 9.17) is 9.47 Å². The molecule has 1 aliphatic rings. The van der Waals surface area contributed by atoms with E-state index in [2.05, 4.69) is 17.1 Å². The van der Waals surface area contributed by atoms with Crippen molar-refractivity contribution in [1.29, 1.82) is 0 Å². The Morgan fingerprint density at radius 1 is 1.50 bits per heavy atom. The molecule has 2 heterocycles. The molecule has 1 aliphatic heterocycles. The van der Waals surface area contributed by atoms with E-state index in [1.807, 2.05) is 18.4 Å². The second kappa shape index (κ2) is 6.83. The SMILES string of the molecule is CCCn1c(C)nnc1COC(=O)[C@@H]1CCO[C@@H](C)C1. The highest BCUT2D eigenvalue weighted by Crippen LogP contribution is 2.21. The lowest BCUT2D eigenvalue weighted by molar-refractivity contribution is -0.155. The van der Waals surface area contributed by atoms with Crippen molar-refractivity contribution in [2.45, 2.75) is 59.3 Å². The molecule has 1 aromatic rings. The fraction of sp³-hybridized carbons (Fsp3) is 0.786. The van der Waals surface area contributed by atoms with Crippen LogP contribution in [0.15, 0.2) is 0 Å². The second-order valence-electron chi connectivity index (χ2n) is 5.33. The monoisotopic (exact) mass is 281 g/mol. The van der Waals surface area contributed by atoms with E-state index in [0.29, 0.717) is 6.61 Å². The van der Waals surface area contributed by atoms with Gasteiger partial charge >= 0.3 is 5.97 Å². The Morgan fingerprint density at radius 3 is 3.00 bits per heavy atom. The summed E-state index contributed by atoms with van der Waals surface area (Å²) < 4.78 is 12.8. The van der Waals surface area contributed by atoms with Gasteiger partial charge in [0.25, 0.3) is 0 Å². The van der Waals surface area contributed by atoms with Crippen LogP contribution in [-0.2, 0) is 27.4 Å². The third-order valence-corrected chi connectivity index (χ3v) is 3.62. The molecule has 0 N–H and O–H groups in total. The zero-order valence-corrected chi connectivity index (χ0v) is 12.5. The first-order valence-electron chi connectivity index (χ1n) is 7.28. The van der Waals surface area contributed by atoms with Gasteiger partial charge in [-0.1, -0.05) is 6.92 Å². The summed E-state index contributed by atoms with van der Waals surface area (Å²) in [5, 5.41) is 8.12. The molecular formula is C14H23N3O3. The van der Waals surface area contributed by atoms with Gasteiger partial charge in [0.1, 0.15) is 5.82 Å². The first-order chi connectivity index (χ1) is 9.61. The third-order valence-electron chi connectivity index (χ3n) is 3.62. The molecule has 0 bridgehead atoms. The number of carbonyl (C=O) groups is 1. The van der Waals surface area contributed by atoms with Crippen LogP contribution in [0, 0.1) is 12.8 Å². The van der Waals surface area contributed by atoms with E-state index in [1.165, 1.54) is 0 Å². The van der Waals surface area contributed by atoms with E-state index >= 15 is 0 Å². The highest BCUT2D eigenvalue weighted by Gasteiger charge is 2.27. The van der Waals surface area contributed by atoms with Crippen molar-refractivity contribution in [3.63, 3.8) is 0 Å². The van der Waals surface area contributed by atoms with E-state index in [1.54, 1.807) is 0 Å². The number of rotatable bonds is 5. The summed E-state index contributed by atoms with van der Waals surface area (Å²) in [4.78, 5) is 12.1. The molecule has 0 amide bonds. The minimum absolute atomic E-state index is 0.0533. The predicted molar refractivity (Wildman–Crippen MR) is 73.0 cm³/mol. The van der Waals surface area contributed by atoms with Gasteiger partial charge in [0.05, 0.1) is 12.0 Å². The maximum Gasteiger partial charge on any atom is 0.309 e. The van der Waals surface area contributed by atoms with Crippen LogP contribution in [0.5, 0.6) is 0 Å². The van der Waals surface area contributed by atoms with Gasteiger partial charge in [0.2, 0.25) is 0 Å². The summed E-state index contributed by atoms with van der Waals surface area (Å²) in [5.74, 6) is 1.38. The standard InChI is InChI=1S/C14H23N3O3/c1-4-6-17-11(3)15-16-13(17)9-20-14(18)12-5-7-19-10(2)8-12/h10,12H,4-9H2,1-3H3/t10-,12+/m0/s1. The maximum absolute atomic E-state index is 12.1. The molecule has 0 saturated carbocycles. The first-order valence-corrected chi connectivity index (χ1v) is 7.28. The normalized spacial score (nSPS) is 22.8. The van der Waals surface area contributed by atoms with Crippen LogP contribution in [0.1, 0.15) is 44.8 Å². The predicted octanol–water partition coefficient (Wildman–Crippen LogP) is 1.85. The average Bonchev–Trinajstić information content (AvgIpc) is 2.78. The zero-order valence-electron chi connectivity index (χ0n) is 12.5. The van der Waals surface area contributed by atoms with Crippen molar-refractivity contribution in [3.8, 4) is 0 Å². The lowest BCUT2D eigenvalue weighted by atomic mass is 9.96. The smallest absolute Gasteiger partial charge is 0.309 e. The summed E-state index contributed by atoms with van der Waals surface area (Å²) in [6, 6.07) is 0. The van der Waals surface area contributed by atoms with Crippen LogP contribution in [0.3, 0.4) is 0 Å². The van der Waals surface area contributed by atoms with E-state index < -0.39 is 0 Å². The Bertz CT molecular complexity index is 459. The third kappa shape index (κ3) is 3.56. The van der Waals surface area contributed by atoms with Crippen LogP contribution in [0.4, 0.5) is 0 Å². The average molecular weight is 281 g/mol. The van der Waals surface area contributed by atoms with Crippen LogP contribution in [0.2, 0.25) is 0 Å². The molecule has 1 fully saturated rings. The molecule has 6 heteroatoms. The number of hydrogen-bond acceptors (Lipinski definition) is 5. The van der Waals surface area contributed by atoms with Gasteiger partial charge in [-0.3, -0.25) is 4.79 Å². The Labute approximate surface area is 119 Å². The fourth-order valence-electron chi connectivity index (χ4n) is 2.51. The van der Waals surface area contributed by atoms with Gasteiger partial charge in [-0.15, -0.1) is 10.2 Å². The Morgan fingerprint density at radius 2 is 2.30 bits per heavy atom. The summed E-state index contributed by atoms with van der Waals surface area (Å²) in [5.41, 5.74) is 0. The molecule has 0 aliphatic carbocycles. The molecule has 1 saturated heterocycles. The number of carbonyl (C=O) groups excluding carboxylic acids is 1. The molecule has 0 aromatic carbocycles. The van der Waals surface area contributed by atoms with E-state index in [0.717, 1.165) is 37.5 Å². The molecule has 0 radical (unpaired) electrons. The Balaban J connectivity index is 1.90. The van der Waals surface area contributed by atoms with E-state index in [-0.39, 0.29) is 24.6 Å². The largest absolute Gasteiger partial charge is 0.457 e. The van der Waals surface area contributed by atoms with Crippen LogP contribution in [-0.4, -0.2) is 33.4 Å². The molecule has 112 valence electrons. The molecule has 0 spiro atoms. The van der Waals surface area contributed by atoms with Crippen molar-refractivity contribution in [3.05, 3.63) is 11.6 Å². The van der Waals surface area contributed by atoms with Crippen LogP contribution < -0.4 is 0 Å². The highest BCUT2D eigenvalue weighted by atomic mass is 16.5. The number of hydrogen-bond donors (Lipinski definition) is 0. The first kappa shape index (κ1) is 15.0. The quantitative estimate of drug-likeness (QED) is 0.771. The number of nitrogens with zero attached hydrogens (tertiary/aromatic N) is 3. The highest BCUT2D eigenvalue weighted by molar-refractivity contribution is 5.72. The molecule has 6 nitrogen and oxygen atoms in total. The molecule has 2 rings (SSSR count). The van der Waals surface area contributed by atoms with Crippen molar-refractivity contribution < 1.29 is 14.3 Å². The van der Waals surface area contributed by atoms with E-state index in [9.17, 15) is 4.79 Å². The molecule has 0 unspecified atom stereocenters. The minimum atomic E-state index is -0.149. The number of esters is 1. The van der Waals surface area contributed by atoms with Gasteiger partial charge in [-0.25, -0.2) is 0 Å². The van der Waals surface area contributed by atoms with Crippen LogP contribution in [0.25, 0.3) is 0 Å². The number of ether oxygens (including phenoxy) is 2. The van der Waals surface area contributed by atoms with Crippen molar-refractivity contribution in [2.24, 2.45) is 5.92 Å². The van der Waals surface area contributed by atoms with Crippen molar-refractivity contribution in [1.82, 2.24) is 14.8 Å². The van der Waals surface area contributed by atoms with Gasteiger partial charge in [0, 0.05) is 13.2 Å². The Hall–Kier alpha value is -1.43. The van der Waals surface area contributed by atoms with Crippen LogP contribution >= 0.6 is 0 Å². The zero-order chi connectivity index (χ0) is 14.5. The van der Waals surface area contributed by atoms with Gasteiger partial charge in [-0.05, 0) is 33.1 Å². The fourth-order valence-corrected chi connectivity index (χ4v) is 2.51. The lowest BCUT2D eigenvalue weighted by Crippen LogP contribution is -2.29. The second-order valence-corrected chi connectivity index (χ2v) is 5.33. The Kier molecular flexibility index (Phi) is 5.11. The number of aryl methyl sites for hydroxylation is 1. The minimum Gasteiger partial charge on any atom is -0.457 e. The van der Waals surface area contributed by atoms with Crippen molar-refractivity contribution in [2.75, 3.05) is 6.61 Å². The summed E-state index contributed by atoms with van der Waals surface area (Å²) >= 11 is 0. The summed E-state index contributed by atoms with van der Waals surface area (Å²) in [7, 11) is 0. The molecule has 1 aromatic heterocycles. The molecule has 20 heavy (non-hydrogen) atoms. The topological polar surface area (TPSA) is 66.2 Å². The molecular weight excluding hydrogens is 258 g/mol. The van der Waals surface area contributed by atoms with Gasteiger partial charge in [-0.2, -0.15) is 0 Å². The summed E-state index contributed by atoms with van der Waals surface area (Å²) in [6.45, 7) is 7.67. The van der Waals surface area contributed by atoms with Gasteiger partial charge < -0.3 is 14.0 Å². The maximum atomic E-state index is 12.1. The molecule has 2 atom stereocenters. The van der Waals surface area contributed by atoms with Gasteiger partial charge in [0.15, 0.2) is 12.4 Å². The summed E-state index contributed by atoms with van der Waals surface area (Å²) in [6.07, 6.45) is 2.60. The lowest BCUT2D eigenvalue weighted by Gasteiger charge is -2.25. The number of aromatic nitrogens is 3.